The van der Waals surface area contributed by atoms with E-state index in [1.54, 1.807) is 13.0 Å². The summed E-state index contributed by atoms with van der Waals surface area (Å²) >= 11 is 0. The topological polar surface area (TPSA) is 12.0 Å². The first-order valence-corrected chi connectivity index (χ1v) is 4.80. The Hall–Kier alpha value is -0.740. The van der Waals surface area contributed by atoms with Gasteiger partial charge in [0.25, 0.3) is 5.92 Å². The van der Waals surface area contributed by atoms with Crippen LogP contribution in [0.2, 0.25) is 0 Å². The fourth-order valence-corrected chi connectivity index (χ4v) is 2.00. The van der Waals surface area contributed by atoms with Crippen molar-refractivity contribution in [1.82, 2.24) is 5.32 Å². The molecule has 1 saturated heterocycles. The molecule has 0 aromatic heterocycles. The van der Waals surface area contributed by atoms with Gasteiger partial charge in [0.05, 0.1) is 6.54 Å². The van der Waals surface area contributed by atoms with Crippen molar-refractivity contribution < 1.29 is 13.2 Å². The third kappa shape index (κ3) is 2.50. The van der Waals surface area contributed by atoms with Gasteiger partial charge in [-0.15, -0.1) is 12.4 Å². The first-order valence-electron chi connectivity index (χ1n) is 4.80. The summed E-state index contributed by atoms with van der Waals surface area (Å²) in [4.78, 5) is 0. The molecule has 0 spiro atoms. The quantitative estimate of drug-likeness (QED) is 0.809. The molecule has 1 fully saturated rings. The molecule has 1 aliphatic heterocycles. The molecular weight excluding hydrogens is 239 g/mol. The Morgan fingerprint density at radius 2 is 2.00 bits per heavy atom. The number of rotatable bonds is 1. The maximum atomic E-state index is 13.1. The predicted molar refractivity (Wildman–Crippen MR) is 58.6 cm³/mol. The summed E-state index contributed by atoms with van der Waals surface area (Å²) in [6.07, 6.45) is -0.288. The average Bonchev–Trinajstić information content (AvgIpc) is 2.42. The molecule has 90 valence electrons. The van der Waals surface area contributed by atoms with Crippen LogP contribution in [0.15, 0.2) is 24.3 Å². The fourth-order valence-electron chi connectivity index (χ4n) is 2.00. The minimum atomic E-state index is -2.71. The first kappa shape index (κ1) is 13.3. The largest absolute Gasteiger partial charge is 0.302 e. The van der Waals surface area contributed by atoms with Crippen LogP contribution in [0.25, 0.3) is 0 Å². The molecule has 1 nitrogen and oxygen atoms in total. The van der Waals surface area contributed by atoms with Gasteiger partial charge in [-0.2, -0.15) is 0 Å². The molecule has 2 rings (SSSR count). The number of nitrogens with one attached hydrogen (secondary N) is 1. The normalized spacial score (nSPS) is 27.5. The average molecular weight is 252 g/mol. The van der Waals surface area contributed by atoms with Crippen LogP contribution in [0.4, 0.5) is 13.2 Å². The van der Waals surface area contributed by atoms with Crippen molar-refractivity contribution in [3.05, 3.63) is 35.6 Å². The van der Waals surface area contributed by atoms with E-state index in [0.717, 1.165) is 0 Å². The van der Waals surface area contributed by atoms with Gasteiger partial charge in [-0.1, -0.05) is 12.1 Å². The molecule has 1 unspecified atom stereocenters. The van der Waals surface area contributed by atoms with Crippen LogP contribution in [0.5, 0.6) is 0 Å². The van der Waals surface area contributed by atoms with E-state index in [2.05, 4.69) is 5.32 Å². The molecule has 1 N–H and O–H groups in total. The van der Waals surface area contributed by atoms with Crippen molar-refractivity contribution in [2.24, 2.45) is 0 Å². The molecule has 0 aliphatic carbocycles. The van der Waals surface area contributed by atoms with Crippen LogP contribution in [0, 0.1) is 5.82 Å². The second-order valence-corrected chi connectivity index (χ2v) is 4.23. The lowest BCUT2D eigenvalue weighted by atomic mass is 9.90. The number of hydrogen-bond acceptors (Lipinski definition) is 1. The Kier molecular flexibility index (Phi) is 3.55. The van der Waals surface area contributed by atoms with E-state index in [1.165, 1.54) is 18.2 Å². The minimum absolute atomic E-state index is 0. The molecule has 0 radical (unpaired) electrons. The van der Waals surface area contributed by atoms with E-state index in [-0.39, 0.29) is 25.4 Å². The van der Waals surface area contributed by atoms with Gasteiger partial charge in [0.1, 0.15) is 5.82 Å². The molecule has 1 atom stereocenters. The van der Waals surface area contributed by atoms with E-state index in [0.29, 0.717) is 5.56 Å². The van der Waals surface area contributed by atoms with Crippen LogP contribution < -0.4 is 5.32 Å². The summed E-state index contributed by atoms with van der Waals surface area (Å²) in [5.74, 6) is -3.10. The zero-order valence-electron chi connectivity index (χ0n) is 8.77. The molecule has 0 saturated carbocycles. The van der Waals surface area contributed by atoms with Crippen molar-refractivity contribution in [1.29, 1.82) is 0 Å². The molecule has 16 heavy (non-hydrogen) atoms. The minimum Gasteiger partial charge on any atom is -0.302 e. The second-order valence-electron chi connectivity index (χ2n) is 4.23. The highest BCUT2D eigenvalue weighted by Gasteiger charge is 2.47. The fraction of sp³-hybridized carbons (Fsp3) is 0.455. The Morgan fingerprint density at radius 3 is 2.50 bits per heavy atom. The van der Waals surface area contributed by atoms with Gasteiger partial charge in [-0.3, -0.25) is 0 Å². The van der Waals surface area contributed by atoms with Crippen LogP contribution in [0.1, 0.15) is 18.9 Å². The smallest absolute Gasteiger partial charge is 0.262 e. The third-order valence-electron chi connectivity index (χ3n) is 2.81. The highest BCUT2D eigenvalue weighted by Crippen LogP contribution is 2.38. The number of alkyl halides is 2. The number of hydrogen-bond donors (Lipinski definition) is 1. The molecule has 1 aromatic carbocycles. The van der Waals surface area contributed by atoms with E-state index in [4.69, 9.17) is 0 Å². The lowest BCUT2D eigenvalue weighted by Crippen LogP contribution is -2.33. The highest BCUT2D eigenvalue weighted by molar-refractivity contribution is 5.85. The van der Waals surface area contributed by atoms with Gasteiger partial charge in [0, 0.05) is 12.0 Å². The summed E-state index contributed by atoms with van der Waals surface area (Å²) in [5, 5.41) is 2.75. The summed E-state index contributed by atoms with van der Waals surface area (Å²) in [6.45, 7) is 1.32. The molecule has 0 amide bonds. The number of benzene rings is 1. The Balaban J connectivity index is 0.00000128. The Morgan fingerprint density at radius 1 is 1.31 bits per heavy atom. The van der Waals surface area contributed by atoms with E-state index in [9.17, 15) is 13.2 Å². The predicted octanol–water partition coefficient (Wildman–Crippen LogP) is 3.09. The molecule has 5 heteroatoms. The third-order valence-corrected chi connectivity index (χ3v) is 2.81. The van der Waals surface area contributed by atoms with Crippen LogP contribution >= 0.6 is 12.4 Å². The van der Waals surface area contributed by atoms with Gasteiger partial charge in [0.15, 0.2) is 0 Å². The van der Waals surface area contributed by atoms with Crippen molar-refractivity contribution in [3.8, 4) is 0 Å². The molecule has 0 bridgehead atoms. The van der Waals surface area contributed by atoms with Crippen LogP contribution in [0.3, 0.4) is 0 Å². The van der Waals surface area contributed by atoms with E-state index >= 15 is 0 Å². The van der Waals surface area contributed by atoms with Gasteiger partial charge in [0.2, 0.25) is 0 Å². The van der Waals surface area contributed by atoms with Crippen molar-refractivity contribution >= 4 is 12.4 Å². The molecular formula is C11H13ClF3N. The summed E-state index contributed by atoms with van der Waals surface area (Å²) in [6, 6.07) is 5.81. The van der Waals surface area contributed by atoms with Crippen molar-refractivity contribution in [2.45, 2.75) is 24.8 Å². The van der Waals surface area contributed by atoms with Crippen molar-refractivity contribution in [3.63, 3.8) is 0 Å². The summed E-state index contributed by atoms with van der Waals surface area (Å²) in [7, 11) is 0. The second kappa shape index (κ2) is 4.26. The van der Waals surface area contributed by atoms with Gasteiger partial charge in [-0.25, -0.2) is 13.2 Å². The van der Waals surface area contributed by atoms with Gasteiger partial charge in [-0.05, 0) is 24.6 Å². The molecule has 1 heterocycles. The summed E-state index contributed by atoms with van der Waals surface area (Å²) in [5.41, 5.74) is -0.259. The monoisotopic (exact) mass is 251 g/mol. The zero-order chi connectivity index (χ0) is 11.1. The van der Waals surface area contributed by atoms with Crippen LogP contribution in [-0.4, -0.2) is 12.5 Å². The van der Waals surface area contributed by atoms with E-state index < -0.39 is 17.3 Å². The van der Waals surface area contributed by atoms with Gasteiger partial charge < -0.3 is 5.32 Å². The lowest BCUT2D eigenvalue weighted by Gasteiger charge is -2.24. The Labute approximate surface area is 98.4 Å². The first-order chi connectivity index (χ1) is 6.91. The maximum Gasteiger partial charge on any atom is 0.262 e. The lowest BCUT2D eigenvalue weighted by molar-refractivity contribution is 0.0164. The van der Waals surface area contributed by atoms with Crippen LogP contribution in [-0.2, 0) is 5.54 Å². The van der Waals surface area contributed by atoms with E-state index in [1.807, 2.05) is 0 Å². The van der Waals surface area contributed by atoms with Gasteiger partial charge >= 0.3 is 0 Å². The number of halogens is 4. The molecule has 1 aliphatic rings. The maximum absolute atomic E-state index is 13.1. The standard InChI is InChI=1S/C11H12F3N.ClH/c1-10(6-11(13,14)7-15-10)8-3-2-4-9(12)5-8;/h2-5,15H,6-7H2,1H3;1H. The SMILES string of the molecule is CC1(c2cccc(F)c2)CC(F)(F)CN1.Cl. The van der Waals surface area contributed by atoms with Crippen molar-refractivity contribution in [2.75, 3.05) is 6.54 Å². The summed E-state index contributed by atoms with van der Waals surface area (Å²) < 4.78 is 39.1. The molecule has 1 aromatic rings. The highest BCUT2D eigenvalue weighted by atomic mass is 35.5. The zero-order valence-corrected chi connectivity index (χ0v) is 9.58. The Bertz CT molecular complexity index is 383.